The molecule has 1 aromatic rings. The van der Waals surface area contributed by atoms with E-state index in [0.717, 1.165) is 5.82 Å². The van der Waals surface area contributed by atoms with E-state index in [9.17, 15) is 0 Å². The van der Waals surface area contributed by atoms with Gasteiger partial charge in [-0.15, -0.1) is 0 Å². The minimum Gasteiger partial charge on any atom is -0.450 e. The summed E-state index contributed by atoms with van der Waals surface area (Å²) in [6.45, 7) is 29.5. The summed E-state index contributed by atoms with van der Waals surface area (Å²) < 4.78 is 8.53. The second kappa shape index (κ2) is 8.64. The van der Waals surface area contributed by atoms with E-state index < -0.39 is 16.5 Å². The van der Waals surface area contributed by atoms with Crippen molar-refractivity contribution in [1.29, 1.82) is 0 Å². The Bertz CT molecular complexity index is 461. The Hall–Kier alpha value is -0.556. The molecule has 0 aliphatic carbocycles. The van der Waals surface area contributed by atoms with Crippen molar-refractivity contribution >= 4 is 22.3 Å². The predicted molar refractivity (Wildman–Crippen MR) is 121 cm³/mol. The second-order valence-corrected chi connectivity index (χ2v) is 21.7. The molecule has 1 heterocycles. The van der Waals surface area contributed by atoms with Crippen LogP contribution in [0.15, 0.2) is 17.1 Å². The van der Waals surface area contributed by atoms with Crippen LogP contribution in [0, 0.1) is 0 Å². The third-order valence-electron chi connectivity index (χ3n) is 6.97. The molecule has 3 nitrogen and oxygen atoms in total. The maximum atomic E-state index is 5.56. The Morgan fingerprint density at radius 2 is 0.962 bits per heavy atom. The van der Waals surface area contributed by atoms with Gasteiger partial charge in [-0.3, -0.25) is 0 Å². The number of nitrogens with zero attached hydrogens (tertiary/aromatic N) is 2. The molecule has 5 heteroatoms. The molecular weight excluding hydrogens is 352 g/mol. The van der Waals surface area contributed by atoms with Gasteiger partial charge < -0.3 is 8.65 Å². The Balaban J connectivity index is 4.00. The normalized spacial score (nSPS) is 13.9. The lowest BCUT2D eigenvalue weighted by Gasteiger charge is -2.63. The Morgan fingerprint density at radius 3 is 1.15 bits per heavy atom. The maximum absolute atomic E-state index is 5.56. The van der Waals surface area contributed by atoms with Crippen LogP contribution < -0.4 is 4.23 Å². The molecule has 0 amide bonds. The predicted octanol–water partition coefficient (Wildman–Crippen LogP) is 7.83. The SMILES string of the molecule is CC(C)[Si](C(C)C)(C(C)C)N(c1cocn1)[Si](C(C)C)(C(C)C)C(C)C. The summed E-state index contributed by atoms with van der Waals surface area (Å²) >= 11 is 0. The molecule has 0 saturated heterocycles. The van der Waals surface area contributed by atoms with Crippen molar-refractivity contribution < 1.29 is 4.42 Å². The van der Waals surface area contributed by atoms with Crippen molar-refractivity contribution in [2.75, 3.05) is 4.23 Å². The molecule has 1 aromatic heterocycles. The molecule has 0 unspecified atom stereocenters. The lowest BCUT2D eigenvalue weighted by atomic mass is 10.5. The van der Waals surface area contributed by atoms with Gasteiger partial charge in [-0.05, 0) is 33.2 Å². The highest BCUT2D eigenvalue weighted by molar-refractivity contribution is 7.05. The second-order valence-electron chi connectivity index (χ2n) is 9.88. The van der Waals surface area contributed by atoms with Crippen molar-refractivity contribution in [3.63, 3.8) is 0 Å². The highest BCUT2D eigenvalue weighted by Gasteiger charge is 2.60. The van der Waals surface area contributed by atoms with E-state index in [2.05, 4.69) is 87.3 Å². The van der Waals surface area contributed by atoms with Crippen LogP contribution in [0.25, 0.3) is 0 Å². The van der Waals surface area contributed by atoms with Crippen molar-refractivity contribution in [2.24, 2.45) is 0 Å². The van der Waals surface area contributed by atoms with Crippen LogP contribution in [-0.4, -0.2) is 21.5 Å². The van der Waals surface area contributed by atoms with Gasteiger partial charge in [-0.2, -0.15) is 0 Å². The molecule has 1 rings (SSSR count). The summed E-state index contributed by atoms with van der Waals surface area (Å²) in [6, 6.07) is 0. The van der Waals surface area contributed by atoms with Gasteiger partial charge in [0, 0.05) is 0 Å². The molecule has 0 aliphatic rings. The monoisotopic (exact) mass is 396 g/mol. The molecular formula is C21H44N2OSi2. The molecule has 26 heavy (non-hydrogen) atoms. The third kappa shape index (κ3) is 3.46. The van der Waals surface area contributed by atoms with Crippen LogP contribution in [0.2, 0.25) is 33.2 Å². The van der Waals surface area contributed by atoms with Crippen LogP contribution in [-0.2, 0) is 0 Å². The van der Waals surface area contributed by atoms with Crippen molar-refractivity contribution in [1.82, 2.24) is 4.98 Å². The fourth-order valence-corrected chi connectivity index (χ4v) is 26.0. The molecule has 0 N–H and O–H groups in total. The Morgan fingerprint density at radius 1 is 0.654 bits per heavy atom. The first-order valence-corrected chi connectivity index (χ1v) is 14.9. The summed E-state index contributed by atoms with van der Waals surface area (Å²) in [4.78, 5) is 4.77. The topological polar surface area (TPSA) is 29.3 Å². The van der Waals surface area contributed by atoms with Gasteiger partial charge in [-0.1, -0.05) is 83.1 Å². The summed E-state index contributed by atoms with van der Waals surface area (Å²) in [6.07, 6.45) is 3.55. The van der Waals surface area contributed by atoms with E-state index in [0.29, 0.717) is 33.2 Å². The average Bonchev–Trinajstić information content (AvgIpc) is 2.97. The Kier molecular flexibility index (Phi) is 7.80. The largest absolute Gasteiger partial charge is 0.450 e. The number of hydrogen-bond donors (Lipinski definition) is 0. The highest BCUT2D eigenvalue weighted by atomic mass is 28.4. The quantitative estimate of drug-likeness (QED) is 0.398. The number of anilines is 1. The van der Waals surface area contributed by atoms with E-state index in [1.54, 1.807) is 6.39 Å². The first-order valence-electron chi connectivity index (χ1n) is 10.6. The van der Waals surface area contributed by atoms with Gasteiger partial charge in [0.1, 0.15) is 6.26 Å². The van der Waals surface area contributed by atoms with E-state index in [1.165, 1.54) is 0 Å². The third-order valence-corrected chi connectivity index (χ3v) is 22.4. The van der Waals surface area contributed by atoms with Crippen LogP contribution in [0.5, 0.6) is 0 Å². The summed E-state index contributed by atoms with van der Waals surface area (Å²) in [5.74, 6) is 1.11. The van der Waals surface area contributed by atoms with Gasteiger partial charge in [-0.25, -0.2) is 4.98 Å². The molecule has 152 valence electrons. The van der Waals surface area contributed by atoms with Gasteiger partial charge in [0.05, 0.1) is 0 Å². The van der Waals surface area contributed by atoms with E-state index in [4.69, 9.17) is 9.40 Å². The fraction of sp³-hybridized carbons (Fsp3) is 0.857. The number of hydrogen-bond acceptors (Lipinski definition) is 3. The zero-order chi connectivity index (χ0) is 20.4. The van der Waals surface area contributed by atoms with Crippen LogP contribution in [0.1, 0.15) is 83.1 Å². The molecule has 0 bridgehead atoms. The van der Waals surface area contributed by atoms with Crippen molar-refractivity contribution in [2.45, 2.75) is 116 Å². The minimum atomic E-state index is -1.91. The number of rotatable bonds is 9. The molecule has 0 saturated carbocycles. The van der Waals surface area contributed by atoms with Crippen LogP contribution in [0.3, 0.4) is 0 Å². The lowest BCUT2D eigenvalue weighted by Crippen LogP contribution is -2.74. The summed E-state index contributed by atoms with van der Waals surface area (Å²) in [5, 5.41) is 0. The molecule has 0 aliphatic heterocycles. The number of oxazole rings is 1. The fourth-order valence-electron chi connectivity index (χ4n) is 6.60. The minimum absolute atomic E-state index is 0.655. The molecule has 0 radical (unpaired) electrons. The Labute approximate surface area is 165 Å². The van der Waals surface area contributed by atoms with Crippen molar-refractivity contribution in [3.05, 3.63) is 12.7 Å². The van der Waals surface area contributed by atoms with E-state index in [1.807, 2.05) is 6.26 Å². The average molecular weight is 397 g/mol. The standard InChI is InChI=1S/C21H44N2OSi2/c1-15(2)25(16(3)4,17(5)6)23(21-13-24-14-22-21)26(18(7)8,19(9)10)20(11)12/h13-20H,1-12H3. The van der Waals surface area contributed by atoms with Gasteiger partial charge in [0.25, 0.3) is 0 Å². The van der Waals surface area contributed by atoms with Gasteiger partial charge in [0.15, 0.2) is 28.7 Å². The maximum Gasteiger partial charge on any atom is 0.182 e. The van der Waals surface area contributed by atoms with E-state index >= 15 is 0 Å². The van der Waals surface area contributed by atoms with Gasteiger partial charge >= 0.3 is 0 Å². The number of aromatic nitrogens is 1. The molecule has 0 spiro atoms. The zero-order valence-electron chi connectivity index (χ0n) is 19.4. The zero-order valence-corrected chi connectivity index (χ0v) is 21.4. The van der Waals surface area contributed by atoms with Crippen molar-refractivity contribution in [3.8, 4) is 0 Å². The first kappa shape index (κ1) is 23.5. The molecule has 0 fully saturated rings. The van der Waals surface area contributed by atoms with Crippen LogP contribution >= 0.6 is 0 Å². The molecule has 0 atom stereocenters. The highest BCUT2D eigenvalue weighted by Crippen LogP contribution is 2.54. The lowest BCUT2D eigenvalue weighted by molar-refractivity contribution is 0.558. The first-order chi connectivity index (χ1) is 11.9. The molecule has 0 aromatic carbocycles. The van der Waals surface area contributed by atoms with Crippen LogP contribution in [0.4, 0.5) is 5.82 Å². The van der Waals surface area contributed by atoms with E-state index in [-0.39, 0.29) is 0 Å². The van der Waals surface area contributed by atoms with Gasteiger partial charge in [0.2, 0.25) is 0 Å². The summed E-state index contributed by atoms with van der Waals surface area (Å²) in [5.41, 5.74) is 3.93. The summed E-state index contributed by atoms with van der Waals surface area (Å²) in [7, 11) is -3.83. The smallest absolute Gasteiger partial charge is 0.182 e.